The molecule has 2 aromatic carbocycles. The Bertz CT molecular complexity index is 972. The van der Waals surface area contributed by atoms with Crippen LogP contribution in [0.4, 0.5) is 11.4 Å². The summed E-state index contributed by atoms with van der Waals surface area (Å²) < 4.78 is 26.1. The van der Waals surface area contributed by atoms with Crippen molar-refractivity contribution in [2.24, 2.45) is 0 Å². The number of aryl methyl sites for hydroxylation is 1. The predicted molar refractivity (Wildman–Crippen MR) is 123 cm³/mol. The first-order valence-corrected chi connectivity index (χ1v) is 12.0. The molecule has 0 atom stereocenters. The summed E-state index contributed by atoms with van der Waals surface area (Å²) in [5, 5.41) is 5.51. The van der Waals surface area contributed by atoms with Crippen molar-refractivity contribution < 1.29 is 18.0 Å². The van der Waals surface area contributed by atoms with Crippen molar-refractivity contribution in [2.75, 3.05) is 28.7 Å². The van der Waals surface area contributed by atoms with Crippen LogP contribution in [0.1, 0.15) is 11.1 Å². The molecule has 0 bridgehead atoms. The van der Waals surface area contributed by atoms with Crippen LogP contribution in [0.2, 0.25) is 0 Å². The zero-order valence-electron chi connectivity index (χ0n) is 16.7. The van der Waals surface area contributed by atoms with Crippen molar-refractivity contribution in [3.63, 3.8) is 0 Å². The van der Waals surface area contributed by atoms with Crippen LogP contribution in [0.3, 0.4) is 0 Å². The van der Waals surface area contributed by atoms with E-state index in [4.69, 9.17) is 0 Å². The van der Waals surface area contributed by atoms with Crippen LogP contribution in [-0.2, 0) is 25.4 Å². The normalized spacial score (nSPS) is 11.0. The highest BCUT2D eigenvalue weighted by atomic mass is 32.2. The molecule has 0 aromatic heterocycles. The van der Waals surface area contributed by atoms with E-state index in [1.54, 1.807) is 24.3 Å². The number of hydrogen-bond donors (Lipinski definition) is 3. The molecule has 0 aliphatic carbocycles. The van der Waals surface area contributed by atoms with Crippen molar-refractivity contribution in [3.8, 4) is 0 Å². The van der Waals surface area contributed by atoms with Gasteiger partial charge in [0.25, 0.3) is 0 Å². The summed E-state index contributed by atoms with van der Waals surface area (Å²) >= 11 is 1.21. The molecule has 0 aliphatic rings. The molecule has 0 saturated heterocycles. The second-order valence-electron chi connectivity index (χ2n) is 6.55. The number of nitrogens with one attached hydrogen (secondary N) is 3. The minimum Gasteiger partial charge on any atom is -0.325 e. The van der Waals surface area contributed by atoms with Gasteiger partial charge in [0.15, 0.2) is 0 Å². The first kappa shape index (κ1) is 23.7. The van der Waals surface area contributed by atoms with Gasteiger partial charge in [-0.05, 0) is 36.8 Å². The van der Waals surface area contributed by atoms with Gasteiger partial charge in [-0.1, -0.05) is 35.9 Å². The third-order valence-corrected chi connectivity index (χ3v) is 6.10. The fraction of sp³-hybridized carbons (Fsp3) is 0.238. The fourth-order valence-corrected chi connectivity index (χ4v) is 4.13. The van der Waals surface area contributed by atoms with Gasteiger partial charge in [0.05, 0.1) is 17.3 Å². The Hall–Kier alpha value is -2.62. The highest BCUT2D eigenvalue weighted by molar-refractivity contribution is 8.00. The molecular weight excluding hydrogens is 422 g/mol. The summed E-state index contributed by atoms with van der Waals surface area (Å²) in [4.78, 5) is 24.0. The topological polar surface area (TPSA) is 104 Å². The number of carbonyl (C=O) groups is 2. The second kappa shape index (κ2) is 11.5. The minimum atomic E-state index is -3.43. The van der Waals surface area contributed by atoms with Gasteiger partial charge in [0, 0.05) is 17.9 Å². The summed E-state index contributed by atoms with van der Waals surface area (Å²) in [5.41, 5.74) is 2.99. The first-order valence-electron chi connectivity index (χ1n) is 9.19. The fourth-order valence-electron chi connectivity index (χ4n) is 2.41. The molecule has 160 valence electrons. The maximum Gasteiger partial charge on any atom is 0.234 e. The standard InChI is InChI=1S/C21H25N3O4S2/c1-3-12-22-30(27,28)15-17-6-10-19(11-7-17)24-21(26)14-29-13-20(25)23-18-8-4-16(2)5-9-18/h3-11,22H,1,12-15H2,2H3,(H,23,25)(H,24,26). The van der Waals surface area contributed by atoms with E-state index in [0.29, 0.717) is 11.3 Å². The Labute approximate surface area is 181 Å². The Morgan fingerprint density at radius 3 is 1.93 bits per heavy atom. The van der Waals surface area contributed by atoms with E-state index in [-0.39, 0.29) is 35.6 Å². The molecule has 2 rings (SSSR count). The largest absolute Gasteiger partial charge is 0.325 e. The zero-order valence-corrected chi connectivity index (χ0v) is 18.3. The quantitative estimate of drug-likeness (QED) is 0.460. The summed E-state index contributed by atoms with van der Waals surface area (Å²) in [6.45, 7) is 5.62. The van der Waals surface area contributed by atoms with Crippen LogP contribution in [0.15, 0.2) is 61.2 Å². The van der Waals surface area contributed by atoms with Gasteiger partial charge in [-0.3, -0.25) is 9.59 Å². The number of benzene rings is 2. The van der Waals surface area contributed by atoms with E-state index >= 15 is 0 Å². The highest BCUT2D eigenvalue weighted by Crippen LogP contribution is 2.13. The SMILES string of the molecule is C=CCNS(=O)(=O)Cc1ccc(NC(=O)CSCC(=O)Nc2ccc(C)cc2)cc1. The van der Waals surface area contributed by atoms with Crippen LogP contribution in [-0.4, -0.2) is 38.3 Å². The molecule has 2 aromatic rings. The number of rotatable bonds is 11. The molecule has 0 fully saturated rings. The molecule has 0 spiro atoms. The monoisotopic (exact) mass is 447 g/mol. The lowest BCUT2D eigenvalue weighted by molar-refractivity contribution is -0.114. The number of hydrogen-bond acceptors (Lipinski definition) is 5. The van der Waals surface area contributed by atoms with Gasteiger partial charge < -0.3 is 10.6 Å². The molecule has 0 aliphatic heterocycles. The number of thioether (sulfide) groups is 1. The lowest BCUT2D eigenvalue weighted by atomic mass is 10.2. The Morgan fingerprint density at radius 2 is 1.43 bits per heavy atom. The van der Waals surface area contributed by atoms with E-state index in [1.807, 2.05) is 31.2 Å². The lowest BCUT2D eigenvalue weighted by Crippen LogP contribution is -2.25. The average Bonchev–Trinajstić information content (AvgIpc) is 2.69. The first-order chi connectivity index (χ1) is 14.3. The second-order valence-corrected chi connectivity index (χ2v) is 9.34. The Kier molecular flexibility index (Phi) is 9.10. The maximum atomic E-state index is 12.0. The molecule has 7 nitrogen and oxygen atoms in total. The Morgan fingerprint density at radius 1 is 0.933 bits per heavy atom. The van der Waals surface area contributed by atoms with Crippen LogP contribution < -0.4 is 15.4 Å². The van der Waals surface area contributed by atoms with E-state index in [1.165, 1.54) is 17.8 Å². The molecule has 30 heavy (non-hydrogen) atoms. The number of anilines is 2. The average molecular weight is 448 g/mol. The van der Waals surface area contributed by atoms with E-state index in [2.05, 4.69) is 21.9 Å². The van der Waals surface area contributed by atoms with Crippen molar-refractivity contribution in [1.82, 2.24) is 4.72 Å². The zero-order chi connectivity index (χ0) is 22.0. The molecule has 9 heteroatoms. The van der Waals surface area contributed by atoms with E-state index < -0.39 is 10.0 Å². The van der Waals surface area contributed by atoms with Gasteiger partial charge in [0.2, 0.25) is 21.8 Å². The molecule has 0 unspecified atom stereocenters. The van der Waals surface area contributed by atoms with Gasteiger partial charge in [0.1, 0.15) is 0 Å². The van der Waals surface area contributed by atoms with Gasteiger partial charge in [-0.2, -0.15) is 0 Å². The minimum absolute atomic E-state index is 0.128. The van der Waals surface area contributed by atoms with Crippen molar-refractivity contribution >= 4 is 45.0 Å². The highest BCUT2D eigenvalue weighted by Gasteiger charge is 2.11. The van der Waals surface area contributed by atoms with E-state index in [9.17, 15) is 18.0 Å². The van der Waals surface area contributed by atoms with Crippen LogP contribution in [0, 0.1) is 6.92 Å². The third-order valence-electron chi connectivity index (χ3n) is 3.84. The number of amides is 2. The third kappa shape index (κ3) is 8.81. The molecule has 0 radical (unpaired) electrons. The maximum absolute atomic E-state index is 12.0. The molecule has 3 N–H and O–H groups in total. The van der Waals surface area contributed by atoms with Crippen LogP contribution in [0.5, 0.6) is 0 Å². The molecule has 0 saturated carbocycles. The number of carbonyl (C=O) groups excluding carboxylic acids is 2. The lowest BCUT2D eigenvalue weighted by Gasteiger charge is -2.08. The molecule has 0 heterocycles. The smallest absolute Gasteiger partial charge is 0.234 e. The number of sulfonamides is 1. The van der Waals surface area contributed by atoms with Crippen molar-refractivity contribution in [3.05, 3.63) is 72.3 Å². The van der Waals surface area contributed by atoms with Gasteiger partial charge in [-0.15, -0.1) is 18.3 Å². The van der Waals surface area contributed by atoms with Crippen LogP contribution in [0.25, 0.3) is 0 Å². The van der Waals surface area contributed by atoms with Crippen molar-refractivity contribution in [1.29, 1.82) is 0 Å². The summed E-state index contributed by atoms with van der Waals surface area (Å²) in [5.74, 6) is -0.275. The van der Waals surface area contributed by atoms with Crippen molar-refractivity contribution in [2.45, 2.75) is 12.7 Å². The van der Waals surface area contributed by atoms with Gasteiger partial charge in [-0.25, -0.2) is 13.1 Å². The van der Waals surface area contributed by atoms with Crippen LogP contribution >= 0.6 is 11.8 Å². The summed E-state index contributed by atoms with van der Waals surface area (Å²) in [6, 6.07) is 14.1. The summed E-state index contributed by atoms with van der Waals surface area (Å²) in [7, 11) is -3.43. The van der Waals surface area contributed by atoms with Gasteiger partial charge >= 0.3 is 0 Å². The van der Waals surface area contributed by atoms with E-state index in [0.717, 1.165) is 11.3 Å². The predicted octanol–water partition coefficient (Wildman–Crippen LogP) is 2.91. The molecule has 2 amide bonds. The Balaban J connectivity index is 1.73. The summed E-state index contributed by atoms with van der Waals surface area (Å²) in [6.07, 6.45) is 1.47. The molecular formula is C21H25N3O4S2.